The zero-order chi connectivity index (χ0) is 34.0. The summed E-state index contributed by atoms with van der Waals surface area (Å²) >= 11 is 0. The second kappa shape index (κ2) is 12.4. The first-order valence-electron chi connectivity index (χ1n) is 19.3. The fourth-order valence-corrected chi connectivity index (χ4v) is 13.6. The molecule has 9 atom stereocenters. The normalized spacial score (nSPS) is 40.5. The van der Waals surface area contributed by atoms with Crippen LogP contribution in [0.3, 0.4) is 0 Å². The van der Waals surface area contributed by atoms with Gasteiger partial charge in [0.05, 0.1) is 5.56 Å². The lowest BCUT2D eigenvalue weighted by atomic mass is 9.32. The van der Waals surface area contributed by atoms with Crippen molar-refractivity contribution >= 4 is 11.5 Å². The number of hydrogen-bond acceptors (Lipinski definition) is 3. The largest absolute Gasteiger partial charge is 0.478 e. The number of aromatic carboxylic acids is 1. The van der Waals surface area contributed by atoms with Gasteiger partial charge in [0.1, 0.15) is 0 Å². The number of fused-ring (bicyclic) bond motifs is 7. The second-order valence-corrected chi connectivity index (χ2v) is 18.2. The van der Waals surface area contributed by atoms with E-state index in [4.69, 9.17) is 0 Å². The first kappa shape index (κ1) is 34.9. The van der Waals surface area contributed by atoms with E-state index in [1.807, 2.05) is 12.1 Å². The van der Waals surface area contributed by atoms with E-state index in [1.54, 1.807) is 12.1 Å². The highest BCUT2D eigenvalue weighted by Gasteiger charge is 2.70. The van der Waals surface area contributed by atoms with Gasteiger partial charge in [-0.05, 0) is 158 Å². The molecule has 47 heavy (non-hydrogen) atoms. The Morgan fingerprint density at radius 1 is 0.915 bits per heavy atom. The number of hydrogen-bond donors (Lipinski definition) is 2. The van der Waals surface area contributed by atoms with Crippen LogP contribution in [0.4, 0.5) is 0 Å². The van der Waals surface area contributed by atoms with Crippen molar-refractivity contribution in [1.29, 1.82) is 0 Å². The van der Waals surface area contributed by atoms with Gasteiger partial charge in [0.15, 0.2) is 0 Å². The number of rotatable bonds is 10. The van der Waals surface area contributed by atoms with Crippen LogP contribution in [0.25, 0.3) is 5.57 Å². The number of likely N-dealkylation sites (N-methyl/N-ethyl adjacent to an activating group) is 1. The zero-order valence-corrected chi connectivity index (χ0v) is 31.2. The Morgan fingerprint density at radius 3 is 2.26 bits per heavy atom. The van der Waals surface area contributed by atoms with Crippen molar-refractivity contribution in [3.8, 4) is 0 Å². The summed E-state index contributed by atoms with van der Waals surface area (Å²) in [6.45, 7) is 30.4. The minimum Gasteiger partial charge on any atom is -0.478 e. The number of carboxylic acid groups (broad SMARTS) is 1. The van der Waals surface area contributed by atoms with E-state index in [-0.39, 0.29) is 10.8 Å². The van der Waals surface area contributed by atoms with Crippen molar-refractivity contribution < 1.29 is 9.90 Å². The maximum Gasteiger partial charge on any atom is 0.335 e. The molecule has 0 heterocycles. The van der Waals surface area contributed by atoms with Crippen LogP contribution in [0, 0.1) is 56.7 Å². The zero-order valence-electron chi connectivity index (χ0n) is 31.2. The van der Waals surface area contributed by atoms with Gasteiger partial charge in [-0.15, -0.1) is 0 Å². The van der Waals surface area contributed by atoms with Gasteiger partial charge < -0.3 is 15.3 Å². The maximum atomic E-state index is 11.5. The monoisotopic (exact) mass is 643 g/mol. The molecule has 4 fully saturated rings. The van der Waals surface area contributed by atoms with Gasteiger partial charge in [0.2, 0.25) is 0 Å². The third kappa shape index (κ3) is 5.33. The molecule has 0 amide bonds. The third-order valence-corrected chi connectivity index (χ3v) is 16.2. The molecule has 9 unspecified atom stereocenters. The molecule has 4 nitrogen and oxygen atoms in total. The topological polar surface area (TPSA) is 52.6 Å². The van der Waals surface area contributed by atoms with Crippen molar-refractivity contribution in [1.82, 2.24) is 10.2 Å². The summed E-state index contributed by atoms with van der Waals surface area (Å²) < 4.78 is 0. The Balaban J connectivity index is 1.28. The lowest BCUT2D eigenvalue weighted by Crippen LogP contribution is -2.65. The Labute approximate surface area is 287 Å². The average Bonchev–Trinajstić information content (AvgIpc) is 3.41. The number of allylic oxidation sites excluding steroid dienone is 3. The summed E-state index contributed by atoms with van der Waals surface area (Å²) in [6, 6.07) is 7.66. The molecule has 0 radical (unpaired) electrons. The van der Waals surface area contributed by atoms with Crippen LogP contribution in [-0.4, -0.2) is 48.7 Å². The quantitative estimate of drug-likeness (QED) is 0.197. The molecule has 4 heteroatoms. The van der Waals surface area contributed by atoms with Gasteiger partial charge in [0, 0.05) is 19.6 Å². The molecule has 5 aliphatic carbocycles. The summed E-state index contributed by atoms with van der Waals surface area (Å²) in [7, 11) is 0. The number of carbonyl (C=O) groups is 1. The van der Waals surface area contributed by atoms with Crippen LogP contribution < -0.4 is 5.32 Å². The van der Waals surface area contributed by atoms with Crippen LogP contribution >= 0.6 is 0 Å². The molecule has 5 aliphatic rings. The Hall–Kier alpha value is -1.91. The molecule has 0 bridgehead atoms. The second-order valence-electron chi connectivity index (χ2n) is 18.2. The number of carboxylic acids is 1. The predicted octanol–water partition coefficient (Wildman–Crippen LogP) is 9.97. The molecular formula is C43H66N2O2. The molecule has 0 spiro atoms. The highest BCUT2D eigenvalue weighted by Crippen LogP contribution is 2.77. The molecule has 0 aromatic heterocycles. The van der Waals surface area contributed by atoms with E-state index < -0.39 is 5.97 Å². The highest BCUT2D eigenvalue weighted by atomic mass is 16.4. The standard InChI is InChI=1S/C43H66N2O2/c1-10-45(11-2)27-26-44-28-43-23-18-32(29(3)4)37(43)34-16-17-36-40(7)21-19-33(30-12-14-31(15-13-30)38(46)47)39(5,6)35(40)20-22-42(36,9)41(34,8)24-25-43/h12-15,19,32,34-37,44H,3,10-11,16-18,20-28H2,1-2,4-9H3,(H,46,47). The first-order valence-corrected chi connectivity index (χ1v) is 19.3. The average molecular weight is 643 g/mol. The molecule has 0 saturated heterocycles. The molecule has 260 valence electrons. The van der Waals surface area contributed by atoms with Crippen molar-refractivity contribution in [3.05, 3.63) is 53.6 Å². The number of nitrogens with zero attached hydrogens (tertiary/aromatic N) is 1. The molecule has 6 rings (SSSR count). The minimum absolute atomic E-state index is 0.0475. The SMILES string of the molecule is C=C(C)C1CCC2(CNCCN(CC)CC)CCC3(C)C(CCC4C5(C)CC=C(c6ccc(C(=O)O)cc6)C(C)(C)C5CCC43C)C12. The fraction of sp³-hybridized carbons (Fsp3) is 0.744. The fourth-order valence-electron chi connectivity index (χ4n) is 13.6. The maximum absolute atomic E-state index is 11.5. The van der Waals surface area contributed by atoms with E-state index >= 15 is 0 Å². The van der Waals surface area contributed by atoms with E-state index in [0.29, 0.717) is 33.6 Å². The van der Waals surface area contributed by atoms with Gasteiger partial charge in [-0.3, -0.25) is 0 Å². The van der Waals surface area contributed by atoms with Crippen LogP contribution in [0.2, 0.25) is 0 Å². The summed E-state index contributed by atoms with van der Waals surface area (Å²) in [6.07, 6.45) is 14.5. The Morgan fingerprint density at radius 2 is 1.62 bits per heavy atom. The van der Waals surface area contributed by atoms with E-state index in [2.05, 4.69) is 78.3 Å². The highest BCUT2D eigenvalue weighted by molar-refractivity contribution is 5.88. The van der Waals surface area contributed by atoms with Gasteiger partial charge >= 0.3 is 5.97 Å². The summed E-state index contributed by atoms with van der Waals surface area (Å²) in [5.41, 5.74) is 5.88. The van der Waals surface area contributed by atoms with Gasteiger partial charge in [0.25, 0.3) is 0 Å². The summed E-state index contributed by atoms with van der Waals surface area (Å²) in [5, 5.41) is 13.5. The molecule has 0 aliphatic heterocycles. The lowest BCUT2D eigenvalue weighted by Gasteiger charge is -2.72. The van der Waals surface area contributed by atoms with Crippen molar-refractivity contribution in [2.24, 2.45) is 56.7 Å². The van der Waals surface area contributed by atoms with Crippen molar-refractivity contribution in [2.45, 2.75) is 113 Å². The van der Waals surface area contributed by atoms with Crippen LogP contribution in [0.5, 0.6) is 0 Å². The van der Waals surface area contributed by atoms with Crippen LogP contribution in [-0.2, 0) is 0 Å². The van der Waals surface area contributed by atoms with E-state index in [0.717, 1.165) is 50.4 Å². The molecule has 1 aromatic rings. The molecular weight excluding hydrogens is 576 g/mol. The lowest BCUT2D eigenvalue weighted by molar-refractivity contribution is -0.225. The summed E-state index contributed by atoms with van der Waals surface area (Å²) in [5.74, 6) is 2.71. The first-order chi connectivity index (χ1) is 22.2. The molecule has 2 N–H and O–H groups in total. The Kier molecular flexibility index (Phi) is 9.25. The smallest absolute Gasteiger partial charge is 0.335 e. The van der Waals surface area contributed by atoms with Crippen LogP contribution in [0.1, 0.15) is 129 Å². The third-order valence-electron chi connectivity index (χ3n) is 16.2. The van der Waals surface area contributed by atoms with E-state index in [1.165, 1.54) is 74.6 Å². The van der Waals surface area contributed by atoms with Crippen molar-refractivity contribution in [2.75, 3.05) is 32.7 Å². The predicted molar refractivity (Wildman–Crippen MR) is 196 cm³/mol. The molecule has 1 aromatic carbocycles. The number of nitrogens with one attached hydrogen (secondary N) is 1. The minimum atomic E-state index is -0.852. The van der Waals surface area contributed by atoms with Gasteiger partial charge in [-0.2, -0.15) is 0 Å². The summed E-state index contributed by atoms with van der Waals surface area (Å²) in [4.78, 5) is 14.1. The Bertz CT molecular complexity index is 1370. The number of benzene rings is 1. The van der Waals surface area contributed by atoms with Crippen LogP contribution in [0.15, 0.2) is 42.5 Å². The van der Waals surface area contributed by atoms with Gasteiger partial charge in [-0.25, -0.2) is 4.79 Å². The van der Waals surface area contributed by atoms with Crippen molar-refractivity contribution in [3.63, 3.8) is 0 Å². The molecule has 4 saturated carbocycles. The van der Waals surface area contributed by atoms with Gasteiger partial charge in [-0.1, -0.05) is 78.8 Å². The van der Waals surface area contributed by atoms with E-state index in [9.17, 15) is 9.90 Å².